The van der Waals surface area contributed by atoms with Crippen molar-refractivity contribution in [1.29, 1.82) is 0 Å². The zero-order valence-electron chi connectivity index (χ0n) is 13.7. The lowest BCUT2D eigenvalue weighted by Crippen LogP contribution is -2.33. The Morgan fingerprint density at radius 3 is 2.19 bits per heavy atom. The molecule has 2 aromatic rings. The molecule has 0 aliphatic carbocycles. The molecule has 1 saturated heterocycles. The van der Waals surface area contributed by atoms with Gasteiger partial charge in [-0.2, -0.15) is 13.2 Å². The maximum Gasteiger partial charge on any atom is 0.435 e. The number of likely N-dealkylation sites (tertiary alicyclic amines) is 1. The molecule has 4 nitrogen and oxygen atoms in total. The van der Waals surface area contributed by atoms with Crippen LogP contribution < -0.4 is 5.73 Å². The summed E-state index contributed by atoms with van der Waals surface area (Å²) in [5.74, 6) is -1.42. The van der Waals surface area contributed by atoms with Gasteiger partial charge in [-0.25, -0.2) is 8.78 Å². The van der Waals surface area contributed by atoms with Gasteiger partial charge in [-0.05, 0) is 55.6 Å². The largest absolute Gasteiger partial charge is 0.435 e. The summed E-state index contributed by atoms with van der Waals surface area (Å²) in [6.45, 7) is 1.52. The molecule has 0 radical (unpaired) electrons. The summed E-state index contributed by atoms with van der Waals surface area (Å²) in [4.78, 5) is 2.00. The van der Waals surface area contributed by atoms with Crippen LogP contribution in [0, 0.1) is 11.6 Å². The van der Waals surface area contributed by atoms with Crippen molar-refractivity contribution in [2.75, 3.05) is 18.8 Å². The van der Waals surface area contributed by atoms with Crippen LogP contribution in [0.1, 0.15) is 35.6 Å². The first kappa shape index (κ1) is 18.5. The van der Waals surface area contributed by atoms with E-state index in [1.165, 1.54) is 12.1 Å². The summed E-state index contributed by atoms with van der Waals surface area (Å²) < 4.78 is 65.0. The summed E-state index contributed by atoms with van der Waals surface area (Å²) in [6, 6.07) is 4.32. The lowest BCUT2D eigenvalue weighted by molar-refractivity contribution is -0.141. The molecule has 0 bridgehead atoms. The van der Waals surface area contributed by atoms with Gasteiger partial charge in [-0.3, -0.25) is 4.90 Å². The van der Waals surface area contributed by atoms with Crippen LogP contribution >= 0.6 is 0 Å². The highest BCUT2D eigenvalue weighted by molar-refractivity contribution is 5.42. The monoisotopic (exact) mass is 372 g/mol. The highest BCUT2D eigenvalue weighted by atomic mass is 19.4. The second-order valence-electron chi connectivity index (χ2n) is 6.40. The number of anilines is 1. The Labute approximate surface area is 146 Å². The Kier molecular flexibility index (Phi) is 5.08. The minimum Gasteiger partial charge on any atom is -0.382 e. The molecule has 0 spiro atoms. The molecule has 1 fully saturated rings. The highest BCUT2D eigenvalue weighted by Crippen LogP contribution is 2.35. The molecule has 3 rings (SSSR count). The van der Waals surface area contributed by atoms with Gasteiger partial charge in [-0.1, -0.05) is 0 Å². The minimum atomic E-state index is -4.57. The first-order valence-electron chi connectivity index (χ1n) is 8.10. The molecule has 9 heteroatoms. The summed E-state index contributed by atoms with van der Waals surface area (Å²) in [7, 11) is 0. The van der Waals surface area contributed by atoms with Crippen LogP contribution in [0.2, 0.25) is 0 Å². The van der Waals surface area contributed by atoms with Crippen LogP contribution in [0.5, 0.6) is 0 Å². The van der Waals surface area contributed by atoms with Gasteiger partial charge in [0, 0.05) is 18.2 Å². The number of benzene rings is 1. The first-order chi connectivity index (χ1) is 12.2. The van der Waals surface area contributed by atoms with Gasteiger partial charge < -0.3 is 5.73 Å². The third-order valence-electron chi connectivity index (χ3n) is 4.50. The molecule has 2 N–H and O–H groups in total. The Morgan fingerprint density at radius 1 is 1.00 bits per heavy atom. The Morgan fingerprint density at radius 2 is 1.62 bits per heavy atom. The van der Waals surface area contributed by atoms with E-state index in [1.807, 2.05) is 4.90 Å². The van der Waals surface area contributed by atoms with Crippen molar-refractivity contribution in [3.63, 3.8) is 0 Å². The van der Waals surface area contributed by atoms with Crippen LogP contribution in [0.15, 0.2) is 24.3 Å². The van der Waals surface area contributed by atoms with E-state index in [1.54, 1.807) is 0 Å². The number of halogens is 5. The Balaban J connectivity index is 1.67. The van der Waals surface area contributed by atoms with E-state index in [9.17, 15) is 22.0 Å². The van der Waals surface area contributed by atoms with E-state index in [0.717, 1.165) is 12.1 Å². The molecule has 1 aliphatic rings. The predicted molar refractivity (Wildman–Crippen MR) is 85.1 cm³/mol. The first-order valence-corrected chi connectivity index (χ1v) is 8.10. The molecule has 0 amide bonds. The number of hydrogen-bond acceptors (Lipinski definition) is 4. The zero-order valence-corrected chi connectivity index (χ0v) is 13.7. The fraction of sp³-hybridized carbons (Fsp3) is 0.412. The summed E-state index contributed by atoms with van der Waals surface area (Å²) in [5.41, 5.74) is 5.53. The van der Waals surface area contributed by atoms with E-state index < -0.39 is 23.5 Å². The SMILES string of the molecule is Nc1nnc(C(F)(F)F)cc1C1CCN(Cc2cc(F)cc(F)c2)CC1. The number of rotatable bonds is 3. The van der Waals surface area contributed by atoms with Gasteiger partial charge in [0.25, 0.3) is 0 Å². The maximum atomic E-state index is 13.3. The number of nitrogen functional groups attached to an aromatic ring is 1. The Bertz CT molecular complexity index is 765. The van der Waals surface area contributed by atoms with Crippen LogP contribution in [-0.2, 0) is 12.7 Å². The maximum absolute atomic E-state index is 13.3. The average molecular weight is 372 g/mol. The number of piperidine rings is 1. The van der Waals surface area contributed by atoms with Gasteiger partial charge in [0.05, 0.1) is 0 Å². The van der Waals surface area contributed by atoms with E-state index in [0.29, 0.717) is 43.6 Å². The van der Waals surface area contributed by atoms with Crippen molar-refractivity contribution in [2.45, 2.75) is 31.5 Å². The van der Waals surface area contributed by atoms with Crippen LogP contribution in [0.25, 0.3) is 0 Å². The third-order valence-corrected chi connectivity index (χ3v) is 4.50. The lowest BCUT2D eigenvalue weighted by Gasteiger charge is -2.32. The highest BCUT2D eigenvalue weighted by Gasteiger charge is 2.35. The van der Waals surface area contributed by atoms with E-state index >= 15 is 0 Å². The predicted octanol–water partition coefficient (Wildman–Crippen LogP) is 3.74. The van der Waals surface area contributed by atoms with E-state index in [-0.39, 0.29) is 11.7 Å². The fourth-order valence-electron chi connectivity index (χ4n) is 3.24. The molecule has 1 aromatic heterocycles. The van der Waals surface area contributed by atoms with Crippen molar-refractivity contribution in [3.05, 3.63) is 52.7 Å². The quantitative estimate of drug-likeness (QED) is 0.834. The standard InChI is InChI=1S/C17H17F5N4/c18-12-5-10(6-13(19)7-12)9-26-3-1-11(2-4-26)14-8-15(17(20,21)22)24-25-16(14)23/h5-8,11H,1-4,9H2,(H2,23,25). The number of nitrogens with zero attached hydrogens (tertiary/aromatic N) is 3. The second-order valence-corrected chi connectivity index (χ2v) is 6.40. The zero-order chi connectivity index (χ0) is 18.9. The molecule has 0 saturated carbocycles. The number of alkyl halides is 3. The second kappa shape index (κ2) is 7.14. The van der Waals surface area contributed by atoms with Crippen molar-refractivity contribution in [3.8, 4) is 0 Å². The fourth-order valence-corrected chi connectivity index (χ4v) is 3.24. The van der Waals surface area contributed by atoms with Gasteiger partial charge in [0.15, 0.2) is 5.69 Å². The van der Waals surface area contributed by atoms with Crippen molar-refractivity contribution >= 4 is 5.82 Å². The normalized spacial score (nSPS) is 16.8. The number of nitrogens with two attached hydrogens (primary N) is 1. The molecule has 0 atom stereocenters. The smallest absolute Gasteiger partial charge is 0.382 e. The van der Waals surface area contributed by atoms with Gasteiger partial charge >= 0.3 is 6.18 Å². The van der Waals surface area contributed by atoms with Crippen molar-refractivity contribution in [2.24, 2.45) is 0 Å². The summed E-state index contributed by atoms with van der Waals surface area (Å²) in [6.07, 6.45) is -3.42. The van der Waals surface area contributed by atoms with Crippen LogP contribution in [0.4, 0.5) is 27.8 Å². The van der Waals surface area contributed by atoms with Crippen molar-refractivity contribution < 1.29 is 22.0 Å². The number of aromatic nitrogens is 2. The molecule has 1 aromatic carbocycles. The molecular weight excluding hydrogens is 355 g/mol. The third kappa shape index (κ3) is 4.27. The molecule has 2 heterocycles. The summed E-state index contributed by atoms with van der Waals surface area (Å²) >= 11 is 0. The van der Waals surface area contributed by atoms with E-state index in [4.69, 9.17) is 5.73 Å². The molecule has 0 unspecified atom stereocenters. The minimum absolute atomic E-state index is 0.00338. The van der Waals surface area contributed by atoms with Crippen molar-refractivity contribution in [1.82, 2.24) is 15.1 Å². The molecular formula is C17H17F5N4. The topological polar surface area (TPSA) is 55.0 Å². The average Bonchev–Trinajstić information content (AvgIpc) is 2.54. The van der Waals surface area contributed by atoms with Crippen LogP contribution in [-0.4, -0.2) is 28.2 Å². The van der Waals surface area contributed by atoms with Gasteiger partial charge in [-0.15, -0.1) is 10.2 Å². The number of hydrogen-bond donors (Lipinski definition) is 1. The molecule has 140 valence electrons. The van der Waals surface area contributed by atoms with E-state index in [2.05, 4.69) is 10.2 Å². The van der Waals surface area contributed by atoms with Crippen LogP contribution in [0.3, 0.4) is 0 Å². The Hall–Kier alpha value is -2.29. The molecule has 1 aliphatic heterocycles. The molecule has 26 heavy (non-hydrogen) atoms. The van der Waals surface area contributed by atoms with Gasteiger partial charge in [0.2, 0.25) is 0 Å². The summed E-state index contributed by atoms with van der Waals surface area (Å²) in [5, 5.41) is 6.55. The van der Waals surface area contributed by atoms with Gasteiger partial charge in [0.1, 0.15) is 17.5 Å². The lowest BCUT2D eigenvalue weighted by atomic mass is 9.89.